The van der Waals surface area contributed by atoms with Crippen molar-refractivity contribution >= 4 is 18.1 Å². The topological polar surface area (TPSA) is 74.3 Å². The number of hydrogen-bond donors (Lipinski definition) is 1. The van der Waals surface area contributed by atoms with Crippen LogP contribution in [0.1, 0.15) is 26.5 Å². The second-order valence-corrected chi connectivity index (χ2v) is 4.52. The highest BCUT2D eigenvalue weighted by molar-refractivity contribution is 5.90. The van der Waals surface area contributed by atoms with Crippen molar-refractivity contribution in [2.75, 3.05) is 0 Å². The molecular weight excluding hydrogens is 220 g/mol. The van der Waals surface area contributed by atoms with Crippen molar-refractivity contribution in [3.05, 3.63) is 30.1 Å². The number of carbonyl (C=O) groups excluding carboxylic acids is 2. The number of rotatable bonds is 2. The number of primary amides is 1. The summed E-state index contributed by atoms with van der Waals surface area (Å²) in [5, 5.41) is 0. The zero-order chi connectivity index (χ0) is 13.1. The standard InChI is InChI=1S/C12H16N2O3/c1-12(2,3)17-11(16)14-8-4-5-9(14)6-7-10(13)15/h4-8H,1-3H3,(H2,13,15). The molecule has 0 aliphatic heterocycles. The van der Waals surface area contributed by atoms with Gasteiger partial charge in [0, 0.05) is 12.3 Å². The van der Waals surface area contributed by atoms with Crippen molar-refractivity contribution in [1.29, 1.82) is 0 Å². The van der Waals surface area contributed by atoms with Gasteiger partial charge in [-0.15, -0.1) is 0 Å². The van der Waals surface area contributed by atoms with Gasteiger partial charge in [0.2, 0.25) is 5.91 Å². The third kappa shape index (κ3) is 4.14. The highest BCUT2D eigenvalue weighted by Crippen LogP contribution is 2.12. The largest absolute Gasteiger partial charge is 0.443 e. The summed E-state index contributed by atoms with van der Waals surface area (Å²) in [6, 6.07) is 3.37. The quantitative estimate of drug-likeness (QED) is 0.795. The van der Waals surface area contributed by atoms with E-state index in [1.54, 1.807) is 39.1 Å². The summed E-state index contributed by atoms with van der Waals surface area (Å²) >= 11 is 0. The van der Waals surface area contributed by atoms with Crippen LogP contribution in [0, 0.1) is 0 Å². The molecule has 0 spiro atoms. The van der Waals surface area contributed by atoms with E-state index in [0.29, 0.717) is 5.69 Å². The average Bonchev–Trinajstić information content (AvgIpc) is 2.59. The molecule has 1 rings (SSSR count). The summed E-state index contributed by atoms with van der Waals surface area (Å²) in [6.45, 7) is 5.36. The lowest BCUT2D eigenvalue weighted by Crippen LogP contribution is -2.27. The zero-order valence-electron chi connectivity index (χ0n) is 10.1. The van der Waals surface area contributed by atoms with Crippen LogP contribution in [0.3, 0.4) is 0 Å². The van der Waals surface area contributed by atoms with Crippen LogP contribution in [0.4, 0.5) is 4.79 Å². The Morgan fingerprint density at radius 3 is 2.59 bits per heavy atom. The van der Waals surface area contributed by atoms with E-state index in [4.69, 9.17) is 10.5 Å². The lowest BCUT2D eigenvalue weighted by molar-refractivity contribution is -0.113. The maximum absolute atomic E-state index is 11.8. The van der Waals surface area contributed by atoms with E-state index in [1.807, 2.05) is 0 Å². The van der Waals surface area contributed by atoms with Gasteiger partial charge >= 0.3 is 6.09 Å². The minimum absolute atomic E-state index is 0.494. The molecule has 0 atom stereocenters. The molecule has 0 saturated heterocycles. The number of hydrogen-bond acceptors (Lipinski definition) is 3. The van der Waals surface area contributed by atoms with Crippen LogP contribution in [-0.4, -0.2) is 22.2 Å². The summed E-state index contributed by atoms with van der Waals surface area (Å²) in [7, 11) is 0. The Bertz CT molecular complexity index is 453. The Morgan fingerprint density at radius 1 is 1.41 bits per heavy atom. The second-order valence-electron chi connectivity index (χ2n) is 4.52. The second kappa shape index (κ2) is 4.86. The number of nitrogens with two attached hydrogens (primary N) is 1. The van der Waals surface area contributed by atoms with Crippen molar-refractivity contribution < 1.29 is 14.3 Å². The van der Waals surface area contributed by atoms with Gasteiger partial charge in [-0.3, -0.25) is 9.36 Å². The molecule has 1 aromatic rings. The summed E-state index contributed by atoms with van der Waals surface area (Å²) in [6.07, 6.45) is 3.73. The minimum atomic E-state index is -0.568. The Morgan fingerprint density at radius 2 is 2.06 bits per heavy atom. The van der Waals surface area contributed by atoms with Crippen molar-refractivity contribution in [1.82, 2.24) is 4.57 Å². The van der Waals surface area contributed by atoms with Gasteiger partial charge in [0.25, 0.3) is 0 Å². The first-order chi connectivity index (χ1) is 7.79. The number of amides is 1. The van der Waals surface area contributed by atoms with Gasteiger partial charge in [-0.2, -0.15) is 0 Å². The molecule has 17 heavy (non-hydrogen) atoms. The molecular formula is C12H16N2O3. The molecule has 5 heteroatoms. The normalized spacial score (nSPS) is 11.7. The van der Waals surface area contributed by atoms with E-state index in [1.165, 1.54) is 16.7 Å². The molecule has 0 aliphatic rings. The molecule has 5 nitrogen and oxygen atoms in total. The number of ether oxygens (including phenoxy) is 1. The lowest BCUT2D eigenvalue weighted by atomic mass is 10.2. The van der Waals surface area contributed by atoms with Crippen molar-refractivity contribution in [2.24, 2.45) is 5.73 Å². The van der Waals surface area contributed by atoms with Crippen LogP contribution in [0.5, 0.6) is 0 Å². The highest BCUT2D eigenvalue weighted by Gasteiger charge is 2.18. The fourth-order valence-electron chi connectivity index (χ4n) is 1.17. The van der Waals surface area contributed by atoms with Crippen molar-refractivity contribution in [3.8, 4) is 0 Å². The van der Waals surface area contributed by atoms with Crippen LogP contribution < -0.4 is 5.73 Å². The van der Waals surface area contributed by atoms with Gasteiger partial charge in [-0.1, -0.05) is 0 Å². The summed E-state index contributed by atoms with van der Waals surface area (Å²) < 4.78 is 6.51. The number of aromatic nitrogens is 1. The van der Waals surface area contributed by atoms with Crippen LogP contribution >= 0.6 is 0 Å². The molecule has 0 fully saturated rings. The van der Waals surface area contributed by atoms with E-state index in [9.17, 15) is 9.59 Å². The van der Waals surface area contributed by atoms with Gasteiger partial charge in [0.05, 0.1) is 5.69 Å². The Balaban J connectivity index is 2.89. The van der Waals surface area contributed by atoms with Crippen molar-refractivity contribution in [2.45, 2.75) is 26.4 Å². The van der Waals surface area contributed by atoms with E-state index in [0.717, 1.165) is 0 Å². The Labute approximate surface area is 99.9 Å². The fraction of sp³-hybridized carbons (Fsp3) is 0.333. The first kappa shape index (κ1) is 13.0. The predicted octanol–water partition coefficient (Wildman–Crippen LogP) is 1.77. The van der Waals surface area contributed by atoms with E-state index >= 15 is 0 Å². The third-order valence-corrected chi connectivity index (χ3v) is 1.79. The summed E-state index contributed by atoms with van der Waals surface area (Å²) in [4.78, 5) is 22.4. The Kier molecular flexibility index (Phi) is 3.73. The fourth-order valence-corrected chi connectivity index (χ4v) is 1.17. The van der Waals surface area contributed by atoms with E-state index < -0.39 is 17.6 Å². The molecule has 1 amide bonds. The van der Waals surface area contributed by atoms with Crippen molar-refractivity contribution in [3.63, 3.8) is 0 Å². The summed E-state index contributed by atoms with van der Waals surface area (Å²) in [5.74, 6) is -0.568. The molecule has 0 radical (unpaired) electrons. The van der Waals surface area contributed by atoms with Gasteiger partial charge in [0.1, 0.15) is 5.60 Å². The molecule has 1 heterocycles. The lowest BCUT2D eigenvalue weighted by Gasteiger charge is -2.20. The molecule has 0 aromatic carbocycles. The predicted molar refractivity (Wildman–Crippen MR) is 64.3 cm³/mol. The van der Waals surface area contributed by atoms with Gasteiger partial charge in [-0.25, -0.2) is 4.79 Å². The van der Waals surface area contributed by atoms with Crippen LogP contribution in [-0.2, 0) is 9.53 Å². The van der Waals surface area contributed by atoms with Gasteiger partial charge < -0.3 is 10.5 Å². The Hall–Kier alpha value is -2.04. The van der Waals surface area contributed by atoms with Gasteiger partial charge in [0.15, 0.2) is 0 Å². The monoisotopic (exact) mass is 236 g/mol. The zero-order valence-corrected chi connectivity index (χ0v) is 10.1. The van der Waals surface area contributed by atoms with Crippen LogP contribution in [0.25, 0.3) is 6.08 Å². The molecule has 1 aromatic heterocycles. The molecule has 2 N–H and O–H groups in total. The molecule has 0 bridgehead atoms. The first-order valence-corrected chi connectivity index (χ1v) is 5.18. The SMILES string of the molecule is CC(C)(C)OC(=O)n1cccc1C=CC(N)=O. The molecule has 0 saturated carbocycles. The third-order valence-electron chi connectivity index (χ3n) is 1.79. The highest BCUT2D eigenvalue weighted by atomic mass is 16.6. The van der Waals surface area contributed by atoms with Gasteiger partial charge in [-0.05, 0) is 39.0 Å². The molecule has 0 unspecified atom stereocenters. The summed E-state index contributed by atoms with van der Waals surface area (Å²) in [5.41, 5.74) is 4.96. The maximum Gasteiger partial charge on any atom is 0.418 e. The van der Waals surface area contributed by atoms with E-state index in [2.05, 4.69) is 0 Å². The number of carbonyl (C=O) groups is 2. The molecule has 92 valence electrons. The van der Waals surface area contributed by atoms with E-state index in [-0.39, 0.29) is 0 Å². The smallest absolute Gasteiger partial charge is 0.418 e. The molecule has 0 aliphatic carbocycles. The first-order valence-electron chi connectivity index (χ1n) is 5.18. The average molecular weight is 236 g/mol. The minimum Gasteiger partial charge on any atom is -0.443 e. The number of nitrogens with zero attached hydrogens (tertiary/aromatic N) is 1. The van der Waals surface area contributed by atoms with Crippen LogP contribution in [0.2, 0.25) is 0 Å². The maximum atomic E-state index is 11.8. The van der Waals surface area contributed by atoms with Crippen LogP contribution in [0.15, 0.2) is 24.4 Å².